The van der Waals surface area contributed by atoms with Crippen LogP contribution in [0.2, 0.25) is 0 Å². The first-order chi connectivity index (χ1) is 7.83. The van der Waals surface area contributed by atoms with Gasteiger partial charge in [0.25, 0.3) is 0 Å². The van der Waals surface area contributed by atoms with E-state index in [1.807, 2.05) is 0 Å². The van der Waals surface area contributed by atoms with Crippen LogP contribution in [0.15, 0.2) is 0 Å². The molecule has 0 bridgehead atoms. The topological polar surface area (TPSA) is 47.3 Å². The van der Waals surface area contributed by atoms with Gasteiger partial charge in [-0.1, -0.05) is 26.7 Å². The molecule has 96 valence electrons. The van der Waals surface area contributed by atoms with Crippen LogP contribution in [0.25, 0.3) is 0 Å². The molecule has 0 spiro atoms. The van der Waals surface area contributed by atoms with E-state index in [-0.39, 0.29) is 0 Å². The Labute approximate surface area is 100 Å². The highest BCUT2D eigenvalue weighted by Crippen LogP contribution is 2.27. The Morgan fingerprint density at radius 3 is 2.44 bits per heavy atom. The first kappa shape index (κ1) is 13.9. The summed E-state index contributed by atoms with van der Waals surface area (Å²) in [6, 6.07) is 0.445. The van der Waals surface area contributed by atoms with E-state index in [0.29, 0.717) is 17.9 Å². The van der Waals surface area contributed by atoms with E-state index in [2.05, 4.69) is 19.3 Å². The number of rotatable bonds is 7. The quantitative estimate of drug-likeness (QED) is 0.520. The van der Waals surface area contributed by atoms with Crippen molar-refractivity contribution < 1.29 is 4.74 Å². The van der Waals surface area contributed by atoms with Crippen molar-refractivity contribution in [2.45, 2.75) is 58.4 Å². The van der Waals surface area contributed by atoms with Crippen LogP contribution in [-0.4, -0.2) is 19.3 Å². The summed E-state index contributed by atoms with van der Waals surface area (Å²) in [5.41, 5.74) is 3.06. The van der Waals surface area contributed by atoms with Crippen molar-refractivity contribution in [2.24, 2.45) is 17.7 Å². The summed E-state index contributed by atoms with van der Waals surface area (Å²) < 4.78 is 5.58. The minimum atomic E-state index is 0.445. The molecule has 1 saturated heterocycles. The van der Waals surface area contributed by atoms with Gasteiger partial charge in [-0.05, 0) is 37.5 Å². The van der Waals surface area contributed by atoms with Gasteiger partial charge in [-0.25, -0.2) is 0 Å². The van der Waals surface area contributed by atoms with Crippen molar-refractivity contribution in [1.29, 1.82) is 0 Å². The summed E-state index contributed by atoms with van der Waals surface area (Å²) in [4.78, 5) is 0. The molecular formula is C13H28N2O. The zero-order valence-corrected chi connectivity index (χ0v) is 10.9. The predicted molar refractivity (Wildman–Crippen MR) is 68.0 cm³/mol. The second-order valence-corrected chi connectivity index (χ2v) is 5.01. The highest BCUT2D eigenvalue weighted by Gasteiger charge is 2.29. The van der Waals surface area contributed by atoms with Crippen LogP contribution in [0, 0.1) is 11.8 Å². The third-order valence-corrected chi connectivity index (χ3v) is 3.72. The lowest BCUT2D eigenvalue weighted by Gasteiger charge is -2.35. The minimum Gasteiger partial charge on any atom is -0.381 e. The number of ether oxygens (including phenoxy) is 1. The molecule has 1 heterocycles. The molecule has 0 aromatic heterocycles. The van der Waals surface area contributed by atoms with Gasteiger partial charge in [0.2, 0.25) is 0 Å². The van der Waals surface area contributed by atoms with E-state index in [1.165, 1.54) is 38.5 Å². The number of hydrazine groups is 1. The molecule has 0 aromatic rings. The zero-order chi connectivity index (χ0) is 11.8. The van der Waals surface area contributed by atoms with Crippen LogP contribution < -0.4 is 11.3 Å². The van der Waals surface area contributed by atoms with Gasteiger partial charge >= 0.3 is 0 Å². The normalized spacial score (nSPS) is 23.6. The van der Waals surface area contributed by atoms with Gasteiger partial charge in [-0.15, -0.1) is 0 Å². The standard InChI is InChI=1S/C13H28N2O/c1-3-6-11(7-4-2)13(15-14)12-8-5-9-16-10-12/h11-13,15H,3-10,14H2,1-2H3. The molecule has 2 unspecified atom stereocenters. The molecule has 16 heavy (non-hydrogen) atoms. The lowest BCUT2D eigenvalue weighted by molar-refractivity contribution is 0.0265. The maximum atomic E-state index is 5.76. The van der Waals surface area contributed by atoms with Crippen molar-refractivity contribution in [3.63, 3.8) is 0 Å². The second-order valence-electron chi connectivity index (χ2n) is 5.01. The molecule has 1 rings (SSSR count). The molecule has 2 atom stereocenters. The average molecular weight is 228 g/mol. The zero-order valence-electron chi connectivity index (χ0n) is 10.9. The first-order valence-corrected chi connectivity index (χ1v) is 6.87. The van der Waals surface area contributed by atoms with Gasteiger partial charge in [0.05, 0.1) is 6.61 Å². The van der Waals surface area contributed by atoms with Crippen molar-refractivity contribution >= 4 is 0 Å². The van der Waals surface area contributed by atoms with E-state index in [0.717, 1.165) is 13.2 Å². The SMILES string of the molecule is CCCC(CCC)C(NN)C1CCCOC1. The summed E-state index contributed by atoms with van der Waals surface area (Å²) >= 11 is 0. The Hall–Kier alpha value is -0.120. The molecule has 0 amide bonds. The monoisotopic (exact) mass is 228 g/mol. The average Bonchev–Trinajstić information content (AvgIpc) is 2.32. The fraction of sp³-hybridized carbons (Fsp3) is 1.00. The van der Waals surface area contributed by atoms with Gasteiger partial charge in [-0.2, -0.15) is 0 Å². The number of hydrogen-bond donors (Lipinski definition) is 2. The predicted octanol–water partition coefficient (Wildman–Crippen LogP) is 2.46. The van der Waals surface area contributed by atoms with Crippen LogP contribution in [0.5, 0.6) is 0 Å². The fourth-order valence-electron chi connectivity index (χ4n) is 2.95. The smallest absolute Gasteiger partial charge is 0.0509 e. The Morgan fingerprint density at radius 1 is 1.31 bits per heavy atom. The maximum absolute atomic E-state index is 5.76. The molecule has 1 aliphatic rings. The van der Waals surface area contributed by atoms with Crippen LogP contribution in [0.3, 0.4) is 0 Å². The number of nitrogens with two attached hydrogens (primary N) is 1. The van der Waals surface area contributed by atoms with Gasteiger partial charge in [0.15, 0.2) is 0 Å². The minimum absolute atomic E-state index is 0.445. The molecule has 3 heteroatoms. The summed E-state index contributed by atoms with van der Waals surface area (Å²) in [5.74, 6) is 7.09. The van der Waals surface area contributed by atoms with Gasteiger partial charge in [0.1, 0.15) is 0 Å². The molecule has 3 nitrogen and oxygen atoms in total. The summed E-state index contributed by atoms with van der Waals surface area (Å²) in [5, 5.41) is 0. The molecular weight excluding hydrogens is 200 g/mol. The molecule has 0 radical (unpaired) electrons. The van der Waals surface area contributed by atoms with Crippen LogP contribution >= 0.6 is 0 Å². The highest BCUT2D eigenvalue weighted by atomic mass is 16.5. The van der Waals surface area contributed by atoms with Crippen molar-refractivity contribution in [3.8, 4) is 0 Å². The van der Waals surface area contributed by atoms with Crippen molar-refractivity contribution in [1.82, 2.24) is 5.43 Å². The van der Waals surface area contributed by atoms with Crippen LogP contribution in [0.4, 0.5) is 0 Å². The molecule has 1 aliphatic heterocycles. The Morgan fingerprint density at radius 2 is 2.00 bits per heavy atom. The second kappa shape index (κ2) is 8.04. The summed E-state index contributed by atoms with van der Waals surface area (Å²) in [6.45, 7) is 6.33. The number of hydrogen-bond acceptors (Lipinski definition) is 3. The Balaban J connectivity index is 2.52. The van der Waals surface area contributed by atoms with Crippen molar-refractivity contribution in [3.05, 3.63) is 0 Å². The lowest BCUT2D eigenvalue weighted by Crippen LogP contribution is -2.48. The number of nitrogens with one attached hydrogen (secondary N) is 1. The molecule has 0 aromatic carbocycles. The Kier molecular flexibility index (Phi) is 7.01. The lowest BCUT2D eigenvalue weighted by atomic mass is 9.81. The summed E-state index contributed by atoms with van der Waals surface area (Å²) in [7, 11) is 0. The van der Waals surface area contributed by atoms with E-state index < -0.39 is 0 Å². The molecule has 1 fully saturated rings. The van der Waals surface area contributed by atoms with Gasteiger partial charge in [-0.3, -0.25) is 11.3 Å². The summed E-state index contributed by atoms with van der Waals surface area (Å²) in [6.07, 6.45) is 7.50. The van der Waals surface area contributed by atoms with E-state index in [1.54, 1.807) is 0 Å². The first-order valence-electron chi connectivity index (χ1n) is 6.87. The van der Waals surface area contributed by atoms with Crippen molar-refractivity contribution in [2.75, 3.05) is 13.2 Å². The fourth-order valence-corrected chi connectivity index (χ4v) is 2.95. The van der Waals surface area contributed by atoms with E-state index >= 15 is 0 Å². The Bertz CT molecular complexity index is 163. The third kappa shape index (κ3) is 4.04. The third-order valence-electron chi connectivity index (χ3n) is 3.72. The highest BCUT2D eigenvalue weighted by molar-refractivity contribution is 4.82. The van der Waals surface area contributed by atoms with E-state index in [9.17, 15) is 0 Å². The van der Waals surface area contributed by atoms with Crippen LogP contribution in [-0.2, 0) is 4.74 Å². The van der Waals surface area contributed by atoms with Crippen LogP contribution in [0.1, 0.15) is 52.4 Å². The largest absolute Gasteiger partial charge is 0.381 e. The van der Waals surface area contributed by atoms with Gasteiger partial charge < -0.3 is 4.74 Å². The van der Waals surface area contributed by atoms with Gasteiger partial charge in [0, 0.05) is 12.6 Å². The maximum Gasteiger partial charge on any atom is 0.0509 e. The van der Waals surface area contributed by atoms with E-state index in [4.69, 9.17) is 10.6 Å². The molecule has 0 saturated carbocycles. The molecule has 0 aliphatic carbocycles. The molecule has 3 N–H and O–H groups in total.